The second-order valence-electron chi connectivity index (χ2n) is 5.35. The number of fused-ring (bicyclic) bond motifs is 1. The molecule has 5 heteroatoms. The quantitative estimate of drug-likeness (QED) is 0.571. The summed E-state index contributed by atoms with van der Waals surface area (Å²) in [5.41, 5.74) is 1.25. The maximum absolute atomic E-state index is 14.0. The van der Waals surface area contributed by atoms with Gasteiger partial charge in [-0.15, -0.1) is 11.3 Å². The Kier molecular flexibility index (Phi) is 4.43. The summed E-state index contributed by atoms with van der Waals surface area (Å²) >= 11 is 4.47. The molecule has 0 fully saturated rings. The second kappa shape index (κ2) is 6.15. The zero-order valence-corrected chi connectivity index (χ0v) is 13.7. The Hall–Kier alpha value is -0.780. The third-order valence-corrected chi connectivity index (χ3v) is 5.77. The van der Waals surface area contributed by atoms with E-state index in [9.17, 15) is 13.9 Å². The molecule has 0 amide bonds. The van der Waals surface area contributed by atoms with E-state index in [1.807, 2.05) is 6.07 Å². The van der Waals surface area contributed by atoms with Crippen LogP contribution in [0.3, 0.4) is 0 Å². The number of halogens is 3. The molecule has 1 aromatic carbocycles. The van der Waals surface area contributed by atoms with Crippen molar-refractivity contribution in [1.82, 2.24) is 0 Å². The van der Waals surface area contributed by atoms with Crippen LogP contribution >= 0.6 is 27.3 Å². The summed E-state index contributed by atoms with van der Waals surface area (Å²) in [5, 5.41) is 10.4. The van der Waals surface area contributed by atoms with Crippen LogP contribution in [-0.4, -0.2) is 5.11 Å². The molecule has 0 bridgehead atoms. The SMILES string of the molecule is OC(c1cc2c(s1)CCCCC2)c1cc(F)c(Br)cc1F. The van der Waals surface area contributed by atoms with E-state index < -0.39 is 17.7 Å². The van der Waals surface area contributed by atoms with Crippen molar-refractivity contribution in [3.05, 3.63) is 55.2 Å². The van der Waals surface area contributed by atoms with Crippen LogP contribution in [0, 0.1) is 11.6 Å². The van der Waals surface area contributed by atoms with E-state index in [4.69, 9.17) is 0 Å². The minimum Gasteiger partial charge on any atom is -0.383 e. The molecule has 0 spiro atoms. The number of aliphatic hydroxyl groups is 1. The molecule has 1 aliphatic carbocycles. The Labute approximate surface area is 134 Å². The summed E-state index contributed by atoms with van der Waals surface area (Å²) in [5.74, 6) is -1.16. The number of hydrogen-bond acceptors (Lipinski definition) is 2. The van der Waals surface area contributed by atoms with Gasteiger partial charge >= 0.3 is 0 Å². The van der Waals surface area contributed by atoms with Crippen molar-refractivity contribution in [3.8, 4) is 0 Å². The highest BCUT2D eigenvalue weighted by molar-refractivity contribution is 9.10. The second-order valence-corrected chi connectivity index (χ2v) is 7.37. The lowest BCUT2D eigenvalue weighted by Crippen LogP contribution is -2.02. The van der Waals surface area contributed by atoms with Gasteiger partial charge in [0.25, 0.3) is 0 Å². The summed E-state index contributed by atoms with van der Waals surface area (Å²) in [4.78, 5) is 1.97. The van der Waals surface area contributed by atoms with Crippen LogP contribution < -0.4 is 0 Å². The molecule has 0 saturated carbocycles. The van der Waals surface area contributed by atoms with Gasteiger partial charge in [-0.25, -0.2) is 8.78 Å². The van der Waals surface area contributed by atoms with Gasteiger partial charge in [0, 0.05) is 15.3 Å². The summed E-state index contributed by atoms with van der Waals surface area (Å²) < 4.78 is 27.6. The number of hydrogen-bond donors (Lipinski definition) is 1. The predicted octanol–water partition coefficient (Wildman–Crippen LogP) is 5.14. The first-order valence-corrected chi connectivity index (χ1v) is 8.61. The number of aryl methyl sites for hydroxylation is 2. The molecule has 1 aromatic heterocycles. The molecule has 2 aromatic rings. The summed E-state index contributed by atoms with van der Waals surface area (Å²) in [6.45, 7) is 0. The van der Waals surface area contributed by atoms with Crippen molar-refractivity contribution < 1.29 is 13.9 Å². The molecule has 3 rings (SSSR count). The molecular weight excluding hydrogens is 358 g/mol. The minimum atomic E-state index is -1.11. The Morgan fingerprint density at radius 2 is 1.81 bits per heavy atom. The largest absolute Gasteiger partial charge is 0.383 e. The standard InChI is InChI=1S/C16H15BrF2OS/c17-11-8-12(18)10(7-13(11)19)16(20)15-6-9-4-2-1-3-5-14(9)21-15/h6-8,16,20H,1-5H2. The van der Waals surface area contributed by atoms with Crippen molar-refractivity contribution >= 4 is 27.3 Å². The van der Waals surface area contributed by atoms with Crippen LogP contribution in [-0.2, 0) is 12.8 Å². The van der Waals surface area contributed by atoms with Gasteiger partial charge in [-0.05, 0) is 65.4 Å². The van der Waals surface area contributed by atoms with Crippen LogP contribution in [0.5, 0.6) is 0 Å². The number of rotatable bonds is 2. The fourth-order valence-corrected chi connectivity index (χ4v) is 4.30. The van der Waals surface area contributed by atoms with E-state index in [1.54, 1.807) is 0 Å². The molecule has 1 aliphatic rings. The first kappa shape index (κ1) is 15.1. The molecular formula is C16H15BrF2OS. The monoisotopic (exact) mass is 372 g/mol. The average Bonchev–Trinajstić information content (AvgIpc) is 2.73. The first-order chi connectivity index (χ1) is 10.1. The van der Waals surface area contributed by atoms with Gasteiger partial charge in [0.05, 0.1) is 4.47 Å². The number of benzene rings is 1. The molecule has 21 heavy (non-hydrogen) atoms. The van der Waals surface area contributed by atoms with Crippen molar-refractivity contribution in [2.75, 3.05) is 0 Å². The highest BCUT2D eigenvalue weighted by Gasteiger charge is 2.22. The zero-order valence-electron chi connectivity index (χ0n) is 11.3. The smallest absolute Gasteiger partial charge is 0.137 e. The molecule has 1 unspecified atom stereocenters. The van der Waals surface area contributed by atoms with Gasteiger partial charge in [-0.3, -0.25) is 0 Å². The summed E-state index contributed by atoms with van der Waals surface area (Å²) in [7, 11) is 0. The van der Waals surface area contributed by atoms with E-state index in [2.05, 4.69) is 15.9 Å². The van der Waals surface area contributed by atoms with E-state index in [0.29, 0.717) is 4.88 Å². The molecule has 1 nitrogen and oxygen atoms in total. The Bertz CT molecular complexity index is 645. The third-order valence-electron chi connectivity index (χ3n) is 3.87. The molecule has 1 N–H and O–H groups in total. The molecule has 0 saturated heterocycles. The van der Waals surface area contributed by atoms with E-state index >= 15 is 0 Å². The van der Waals surface area contributed by atoms with Gasteiger partial charge in [0.15, 0.2) is 0 Å². The molecule has 0 radical (unpaired) electrons. The molecule has 1 heterocycles. The predicted molar refractivity (Wildman–Crippen MR) is 83.7 cm³/mol. The van der Waals surface area contributed by atoms with E-state index in [0.717, 1.165) is 37.8 Å². The molecule has 0 aliphatic heterocycles. The van der Waals surface area contributed by atoms with Crippen molar-refractivity contribution in [2.24, 2.45) is 0 Å². The van der Waals surface area contributed by atoms with E-state index in [1.165, 1.54) is 28.2 Å². The maximum atomic E-state index is 14.0. The van der Waals surface area contributed by atoms with Gasteiger partial charge in [0.2, 0.25) is 0 Å². The zero-order chi connectivity index (χ0) is 15.0. The first-order valence-electron chi connectivity index (χ1n) is 7.00. The lowest BCUT2D eigenvalue weighted by Gasteiger charge is -2.11. The Balaban J connectivity index is 1.95. The van der Waals surface area contributed by atoms with E-state index in [-0.39, 0.29) is 10.0 Å². The van der Waals surface area contributed by atoms with Crippen LogP contribution in [0.4, 0.5) is 8.78 Å². The minimum absolute atomic E-state index is 0.00731. The maximum Gasteiger partial charge on any atom is 0.137 e. The van der Waals surface area contributed by atoms with Crippen molar-refractivity contribution in [2.45, 2.75) is 38.2 Å². The van der Waals surface area contributed by atoms with Crippen LogP contribution in [0.25, 0.3) is 0 Å². The Morgan fingerprint density at radius 3 is 2.62 bits per heavy atom. The van der Waals surface area contributed by atoms with Crippen LogP contribution in [0.1, 0.15) is 46.2 Å². The highest BCUT2D eigenvalue weighted by atomic mass is 79.9. The van der Waals surface area contributed by atoms with Gasteiger partial charge in [0.1, 0.15) is 17.7 Å². The van der Waals surface area contributed by atoms with Crippen LogP contribution in [0.15, 0.2) is 22.7 Å². The van der Waals surface area contributed by atoms with Crippen LogP contribution in [0.2, 0.25) is 0 Å². The lowest BCUT2D eigenvalue weighted by atomic mass is 10.1. The van der Waals surface area contributed by atoms with Crippen molar-refractivity contribution in [3.63, 3.8) is 0 Å². The summed E-state index contributed by atoms with van der Waals surface area (Å²) in [6.07, 6.45) is 4.46. The number of aliphatic hydroxyl groups excluding tert-OH is 1. The number of thiophene rings is 1. The third kappa shape index (κ3) is 3.05. The topological polar surface area (TPSA) is 20.2 Å². The summed E-state index contributed by atoms with van der Waals surface area (Å²) in [6, 6.07) is 4.08. The fraction of sp³-hybridized carbons (Fsp3) is 0.375. The normalized spacial score (nSPS) is 16.4. The van der Waals surface area contributed by atoms with Gasteiger partial charge in [-0.2, -0.15) is 0 Å². The lowest BCUT2D eigenvalue weighted by molar-refractivity contribution is 0.218. The molecule has 1 atom stereocenters. The van der Waals surface area contributed by atoms with Crippen molar-refractivity contribution in [1.29, 1.82) is 0 Å². The highest BCUT2D eigenvalue weighted by Crippen LogP contribution is 2.36. The fourth-order valence-electron chi connectivity index (χ4n) is 2.73. The molecule has 112 valence electrons. The average molecular weight is 373 g/mol. The Morgan fingerprint density at radius 1 is 1.05 bits per heavy atom. The van der Waals surface area contributed by atoms with Gasteiger partial charge in [-0.1, -0.05) is 6.42 Å². The van der Waals surface area contributed by atoms with Gasteiger partial charge < -0.3 is 5.11 Å².